The maximum Gasteiger partial charge on any atom is 0.325 e. The number of rotatable bonds is 4. The molecule has 0 saturated carbocycles. The van der Waals surface area contributed by atoms with E-state index in [4.69, 9.17) is 0 Å². The standard InChI is InChI=1S/C11H13IN2O3/c1-2-17-10(15)7-13-11(16)14-9-5-3-8(12)4-6-9/h3-6H,2,7H2,1H3,(H2,13,14,16). The Kier molecular flexibility index (Phi) is 5.75. The van der Waals surface area contributed by atoms with E-state index in [1.807, 2.05) is 12.1 Å². The highest BCUT2D eigenvalue weighted by molar-refractivity contribution is 14.1. The van der Waals surface area contributed by atoms with Crippen LogP contribution in [0.3, 0.4) is 0 Å². The molecular weight excluding hydrogens is 335 g/mol. The second kappa shape index (κ2) is 7.10. The molecular formula is C11H13IN2O3. The number of hydrogen-bond donors (Lipinski definition) is 2. The molecule has 0 atom stereocenters. The van der Waals surface area contributed by atoms with Crippen molar-refractivity contribution >= 4 is 40.3 Å². The molecule has 0 radical (unpaired) electrons. The molecule has 17 heavy (non-hydrogen) atoms. The molecule has 0 saturated heterocycles. The van der Waals surface area contributed by atoms with E-state index in [2.05, 4.69) is 38.0 Å². The number of benzene rings is 1. The van der Waals surface area contributed by atoms with E-state index >= 15 is 0 Å². The fourth-order valence-corrected chi connectivity index (χ4v) is 1.43. The van der Waals surface area contributed by atoms with Crippen LogP contribution in [0.2, 0.25) is 0 Å². The van der Waals surface area contributed by atoms with Crippen molar-refractivity contribution in [2.75, 3.05) is 18.5 Å². The number of nitrogens with one attached hydrogen (secondary N) is 2. The maximum atomic E-state index is 11.4. The van der Waals surface area contributed by atoms with Crippen molar-refractivity contribution in [1.29, 1.82) is 0 Å². The monoisotopic (exact) mass is 348 g/mol. The van der Waals surface area contributed by atoms with Gasteiger partial charge in [-0.25, -0.2) is 4.79 Å². The minimum atomic E-state index is -0.453. The highest BCUT2D eigenvalue weighted by Gasteiger charge is 2.05. The minimum absolute atomic E-state index is 0.135. The van der Waals surface area contributed by atoms with E-state index in [1.165, 1.54) is 0 Å². The highest BCUT2D eigenvalue weighted by atomic mass is 127. The lowest BCUT2D eigenvalue weighted by molar-refractivity contribution is -0.141. The summed E-state index contributed by atoms with van der Waals surface area (Å²) in [5.41, 5.74) is 0.673. The van der Waals surface area contributed by atoms with E-state index in [0.29, 0.717) is 12.3 Å². The van der Waals surface area contributed by atoms with Crippen LogP contribution in [0.5, 0.6) is 0 Å². The largest absolute Gasteiger partial charge is 0.465 e. The van der Waals surface area contributed by atoms with Gasteiger partial charge in [-0.15, -0.1) is 0 Å². The fraction of sp³-hybridized carbons (Fsp3) is 0.273. The van der Waals surface area contributed by atoms with Gasteiger partial charge in [0.05, 0.1) is 6.61 Å². The summed E-state index contributed by atoms with van der Waals surface area (Å²) >= 11 is 2.18. The molecule has 2 amide bonds. The zero-order valence-electron chi connectivity index (χ0n) is 9.33. The molecule has 2 N–H and O–H groups in total. The number of esters is 1. The lowest BCUT2D eigenvalue weighted by atomic mass is 10.3. The Balaban J connectivity index is 2.34. The van der Waals surface area contributed by atoms with Crippen LogP contribution >= 0.6 is 22.6 Å². The van der Waals surface area contributed by atoms with Crippen LogP contribution in [0.1, 0.15) is 6.92 Å². The van der Waals surface area contributed by atoms with Gasteiger partial charge < -0.3 is 15.4 Å². The van der Waals surface area contributed by atoms with E-state index in [0.717, 1.165) is 3.57 Å². The third-order valence-corrected chi connectivity index (χ3v) is 2.52. The fourth-order valence-electron chi connectivity index (χ4n) is 1.07. The summed E-state index contributed by atoms with van der Waals surface area (Å²) in [6.45, 7) is 1.88. The average molecular weight is 348 g/mol. The van der Waals surface area contributed by atoms with Crippen molar-refractivity contribution in [2.45, 2.75) is 6.92 Å². The molecule has 0 aliphatic carbocycles. The Morgan fingerprint density at radius 2 is 1.94 bits per heavy atom. The van der Waals surface area contributed by atoms with E-state index < -0.39 is 12.0 Å². The lowest BCUT2D eigenvalue weighted by Gasteiger charge is -2.07. The van der Waals surface area contributed by atoms with Crippen molar-refractivity contribution in [3.8, 4) is 0 Å². The molecule has 6 heteroatoms. The van der Waals surface area contributed by atoms with Crippen molar-refractivity contribution in [2.24, 2.45) is 0 Å². The Morgan fingerprint density at radius 3 is 2.53 bits per heavy atom. The number of urea groups is 1. The quantitative estimate of drug-likeness (QED) is 0.646. The molecule has 0 spiro atoms. The third kappa shape index (κ3) is 5.53. The molecule has 0 aliphatic heterocycles. The predicted molar refractivity (Wildman–Crippen MR) is 72.8 cm³/mol. The van der Waals surface area contributed by atoms with Gasteiger partial charge in [0.15, 0.2) is 0 Å². The number of carbonyl (C=O) groups is 2. The Labute approximate surface area is 113 Å². The van der Waals surface area contributed by atoms with Crippen molar-refractivity contribution in [3.63, 3.8) is 0 Å². The first-order valence-corrected chi connectivity index (χ1v) is 6.15. The van der Waals surface area contributed by atoms with Crippen LogP contribution in [-0.4, -0.2) is 25.2 Å². The summed E-state index contributed by atoms with van der Waals surface area (Å²) < 4.78 is 5.76. The van der Waals surface area contributed by atoms with Crippen LogP contribution in [0.15, 0.2) is 24.3 Å². The lowest BCUT2D eigenvalue weighted by Crippen LogP contribution is -2.34. The first-order valence-electron chi connectivity index (χ1n) is 5.08. The zero-order chi connectivity index (χ0) is 12.7. The van der Waals surface area contributed by atoms with Crippen molar-refractivity contribution in [1.82, 2.24) is 5.32 Å². The van der Waals surface area contributed by atoms with Gasteiger partial charge in [0.25, 0.3) is 0 Å². The average Bonchev–Trinajstić information content (AvgIpc) is 2.30. The molecule has 5 nitrogen and oxygen atoms in total. The summed E-state index contributed by atoms with van der Waals surface area (Å²) in [6.07, 6.45) is 0. The van der Waals surface area contributed by atoms with Gasteiger partial charge in [0.2, 0.25) is 0 Å². The van der Waals surface area contributed by atoms with Crippen LogP contribution in [0.4, 0.5) is 10.5 Å². The molecule has 0 bridgehead atoms. The molecule has 1 aromatic rings. The summed E-state index contributed by atoms with van der Waals surface area (Å²) in [7, 11) is 0. The summed E-state index contributed by atoms with van der Waals surface area (Å²) in [5, 5.41) is 5.01. The number of amides is 2. The molecule has 0 heterocycles. The predicted octanol–water partition coefficient (Wildman–Crippen LogP) is 1.98. The first-order chi connectivity index (χ1) is 8.11. The van der Waals surface area contributed by atoms with Gasteiger partial charge in [-0.3, -0.25) is 4.79 Å². The van der Waals surface area contributed by atoms with Crippen molar-refractivity contribution < 1.29 is 14.3 Å². The molecule has 0 unspecified atom stereocenters. The Bertz CT molecular complexity index is 392. The summed E-state index contributed by atoms with van der Waals surface area (Å²) in [4.78, 5) is 22.4. The van der Waals surface area contributed by atoms with Crippen molar-refractivity contribution in [3.05, 3.63) is 27.8 Å². The Morgan fingerprint density at radius 1 is 1.29 bits per heavy atom. The van der Waals surface area contributed by atoms with E-state index in [-0.39, 0.29) is 6.54 Å². The summed E-state index contributed by atoms with van der Waals surface area (Å²) in [5.74, 6) is -0.453. The third-order valence-electron chi connectivity index (χ3n) is 1.80. The number of halogens is 1. The van der Waals surface area contributed by atoms with Crippen LogP contribution in [0, 0.1) is 3.57 Å². The number of carbonyl (C=O) groups excluding carboxylic acids is 2. The SMILES string of the molecule is CCOC(=O)CNC(=O)Nc1ccc(I)cc1. The molecule has 1 aromatic carbocycles. The maximum absolute atomic E-state index is 11.4. The minimum Gasteiger partial charge on any atom is -0.465 e. The second-order valence-electron chi connectivity index (χ2n) is 3.12. The number of anilines is 1. The molecule has 1 rings (SSSR count). The van der Waals surface area contributed by atoms with Gasteiger partial charge in [-0.2, -0.15) is 0 Å². The number of hydrogen-bond acceptors (Lipinski definition) is 3. The normalized spacial score (nSPS) is 9.53. The van der Waals surface area contributed by atoms with Gasteiger partial charge >= 0.3 is 12.0 Å². The molecule has 0 aromatic heterocycles. The zero-order valence-corrected chi connectivity index (χ0v) is 11.5. The van der Waals surface area contributed by atoms with Gasteiger partial charge in [0.1, 0.15) is 6.54 Å². The highest BCUT2D eigenvalue weighted by Crippen LogP contribution is 2.10. The van der Waals surface area contributed by atoms with Crippen LogP contribution in [-0.2, 0) is 9.53 Å². The molecule has 0 aliphatic rings. The van der Waals surface area contributed by atoms with Gasteiger partial charge in [0, 0.05) is 9.26 Å². The van der Waals surface area contributed by atoms with E-state index in [9.17, 15) is 9.59 Å². The first kappa shape index (κ1) is 13.8. The van der Waals surface area contributed by atoms with Gasteiger partial charge in [-0.05, 0) is 53.8 Å². The number of ether oxygens (including phenoxy) is 1. The second-order valence-corrected chi connectivity index (χ2v) is 4.37. The summed E-state index contributed by atoms with van der Waals surface area (Å²) in [6, 6.07) is 6.89. The smallest absolute Gasteiger partial charge is 0.325 e. The van der Waals surface area contributed by atoms with Crippen LogP contribution in [0.25, 0.3) is 0 Å². The molecule has 92 valence electrons. The topological polar surface area (TPSA) is 67.4 Å². The molecule has 0 fully saturated rings. The Hall–Kier alpha value is -1.31. The van der Waals surface area contributed by atoms with E-state index in [1.54, 1.807) is 19.1 Å². The van der Waals surface area contributed by atoms with Crippen LogP contribution < -0.4 is 10.6 Å². The van der Waals surface area contributed by atoms with Gasteiger partial charge in [-0.1, -0.05) is 0 Å².